The molecule has 0 saturated heterocycles. The minimum absolute atomic E-state index is 0. The summed E-state index contributed by atoms with van der Waals surface area (Å²) in [6.07, 6.45) is -0.106. The summed E-state index contributed by atoms with van der Waals surface area (Å²) < 4.78 is 4.78. The molecule has 0 aliphatic heterocycles. The number of rotatable bonds is 4. The van der Waals surface area contributed by atoms with Gasteiger partial charge in [-0.1, -0.05) is 0 Å². The van der Waals surface area contributed by atoms with Crippen LogP contribution in [0.15, 0.2) is 12.1 Å². The number of benzene rings is 1. The molecule has 0 saturated carbocycles. The van der Waals surface area contributed by atoms with E-state index in [2.05, 4.69) is 6.07 Å². The molecule has 19 heavy (non-hydrogen) atoms. The summed E-state index contributed by atoms with van der Waals surface area (Å²) in [7, 11) is 0. The average molecular weight is 271 g/mol. The number of nitrogens with zero attached hydrogens (tertiary/aromatic N) is 2. The van der Waals surface area contributed by atoms with Crippen molar-refractivity contribution < 1.29 is 28.4 Å². The fraction of sp³-hybridized carbons (Fsp3) is 0.231. The predicted molar refractivity (Wildman–Crippen MR) is 70.1 cm³/mol. The van der Waals surface area contributed by atoms with Crippen molar-refractivity contribution in [3.8, 4) is 6.07 Å². The molecule has 0 atom stereocenters. The van der Waals surface area contributed by atoms with Gasteiger partial charge in [0.15, 0.2) is 0 Å². The Morgan fingerprint density at radius 2 is 2.26 bits per heavy atom. The Morgan fingerprint density at radius 1 is 1.63 bits per heavy atom. The number of hydrogen-bond acceptors (Lipinski definition) is 3. The third-order valence-electron chi connectivity index (χ3n) is 2.02. The Kier molecular flexibility index (Phi) is 10.2. The molecule has 0 amide bonds. The molecule has 0 heterocycles. The molecule has 0 aromatic heterocycles. The molecule has 0 spiro atoms. The molecule has 6 heteroatoms. The summed E-state index contributed by atoms with van der Waals surface area (Å²) in [6, 6.07) is 7.26. The molecule has 0 fully saturated rings. The third-order valence-corrected chi connectivity index (χ3v) is 2.37. The van der Waals surface area contributed by atoms with Crippen molar-refractivity contribution >= 4 is 23.3 Å². The first-order valence-electron chi connectivity index (χ1n) is 4.91. The van der Waals surface area contributed by atoms with E-state index in [9.17, 15) is 10.2 Å². The molecule has 0 bridgehead atoms. The first-order chi connectivity index (χ1) is 8.10. The van der Waals surface area contributed by atoms with Gasteiger partial charge in [0.25, 0.3) is 0 Å². The van der Waals surface area contributed by atoms with Gasteiger partial charge < -0.3 is 17.6 Å². The second-order valence-corrected chi connectivity index (χ2v) is 3.53. The van der Waals surface area contributed by atoms with Crippen LogP contribution in [0.25, 0.3) is 5.41 Å². The second-order valence-electron chi connectivity index (χ2n) is 3.12. The van der Waals surface area contributed by atoms with Crippen molar-refractivity contribution in [2.24, 2.45) is 0 Å². The first-order valence-corrected chi connectivity index (χ1v) is 5.29. The molecule has 0 aliphatic carbocycles. The zero-order valence-electron chi connectivity index (χ0n) is 11.2. The van der Waals surface area contributed by atoms with E-state index in [0.29, 0.717) is 5.56 Å². The number of carbonyl (C=O) groups excluding carboxylic acids is 1. The predicted octanol–water partition coefficient (Wildman–Crippen LogP) is -0.418. The van der Waals surface area contributed by atoms with Crippen molar-refractivity contribution in [1.29, 1.82) is 5.26 Å². The van der Waals surface area contributed by atoms with E-state index in [1.165, 1.54) is 12.1 Å². The number of nitriles is 1. The van der Waals surface area contributed by atoms with Gasteiger partial charge in [0.05, 0.1) is 6.61 Å². The number of ether oxygens (including phenoxy) is 1. The fourth-order valence-corrected chi connectivity index (χ4v) is 1.53. The average Bonchev–Trinajstić information content (AvgIpc) is 2.31. The number of carbonyl (C=O) groups is 1. The van der Waals surface area contributed by atoms with Crippen molar-refractivity contribution in [1.82, 2.24) is 0 Å². The van der Waals surface area contributed by atoms with Crippen LogP contribution in [0.5, 0.6) is 0 Å². The third kappa shape index (κ3) is 5.49. The summed E-state index contributed by atoms with van der Waals surface area (Å²) in [5.41, 5.74) is -0.0495. The van der Waals surface area contributed by atoms with Crippen LogP contribution in [0.3, 0.4) is 0 Å². The fourth-order valence-electron chi connectivity index (χ4n) is 1.30. The van der Waals surface area contributed by atoms with Gasteiger partial charge in [-0.2, -0.15) is 11.3 Å². The van der Waals surface area contributed by atoms with Crippen LogP contribution < -0.4 is 18.9 Å². The van der Waals surface area contributed by atoms with Gasteiger partial charge in [0, 0.05) is 12.5 Å². The van der Waals surface area contributed by atoms with Crippen molar-refractivity contribution in [3.05, 3.63) is 47.2 Å². The molecule has 0 unspecified atom stereocenters. The van der Waals surface area contributed by atoms with Crippen LogP contribution in [0.1, 0.15) is 18.1 Å². The quantitative estimate of drug-likeness (QED) is 0.323. The molecular weight excluding hydrogens is 259 g/mol. The van der Waals surface area contributed by atoms with Gasteiger partial charge in [0.1, 0.15) is 0 Å². The summed E-state index contributed by atoms with van der Waals surface area (Å²) in [5, 5.41) is 18.3. The molecule has 1 rings (SSSR count). The number of esters is 1. The maximum atomic E-state index is 11.4. The van der Waals surface area contributed by atoms with E-state index in [1.54, 1.807) is 13.0 Å². The monoisotopic (exact) mass is 270 g/mol. The maximum absolute atomic E-state index is 11.4. The van der Waals surface area contributed by atoms with Crippen molar-refractivity contribution in [2.45, 2.75) is 13.3 Å². The molecular formula is C13H12ClLiN2O2-2. The van der Waals surface area contributed by atoms with Crippen LogP contribution in [0, 0.1) is 24.8 Å². The van der Waals surface area contributed by atoms with Gasteiger partial charge >= 0.3 is 24.8 Å². The Labute approximate surface area is 130 Å². The van der Waals surface area contributed by atoms with E-state index in [-0.39, 0.29) is 49.9 Å². The minimum Gasteiger partial charge on any atom is -0.846 e. The molecule has 0 radical (unpaired) electrons. The van der Waals surface area contributed by atoms with Crippen LogP contribution in [-0.4, -0.2) is 18.3 Å². The maximum Gasteiger partial charge on any atom is 1.00 e. The molecule has 1 aromatic rings. The van der Waals surface area contributed by atoms with Gasteiger partial charge in [-0.3, -0.25) is 4.79 Å². The molecule has 96 valence electrons. The van der Waals surface area contributed by atoms with Crippen LogP contribution >= 0.6 is 11.6 Å². The topological polar surface area (TPSA) is 72.4 Å². The SMILES string of the molecule is CCOC(=O)Cc1c(C(=[N-])C#N)[c-]ccc1Cl.[CH3-].[Li+]. The van der Waals surface area contributed by atoms with Crippen LogP contribution in [0.2, 0.25) is 5.02 Å². The van der Waals surface area contributed by atoms with Crippen molar-refractivity contribution in [3.63, 3.8) is 0 Å². The van der Waals surface area contributed by atoms with Gasteiger partial charge in [-0.15, -0.1) is 35.4 Å². The standard InChI is InChI=1S/C12H9ClN2O2.CH3.Li/c1-2-17-12(16)6-9-8(11(15)7-14)4-3-5-10(9)13;;/h3,5H,2,6H2,1H3;1H3;/q-2;-1;+1. The molecule has 0 aliphatic rings. The molecule has 1 aromatic carbocycles. The van der Waals surface area contributed by atoms with Crippen LogP contribution in [-0.2, 0) is 16.0 Å². The Hall–Kier alpha value is -1.26. The first kappa shape index (κ1) is 20.1. The largest absolute Gasteiger partial charge is 1.00 e. The number of hydrogen-bond donors (Lipinski definition) is 0. The molecule has 0 N–H and O–H groups in total. The van der Waals surface area contributed by atoms with E-state index >= 15 is 0 Å². The minimum atomic E-state index is -0.521. The smallest absolute Gasteiger partial charge is 0.846 e. The number of halogens is 1. The van der Waals surface area contributed by atoms with E-state index in [1.807, 2.05) is 0 Å². The summed E-state index contributed by atoms with van der Waals surface area (Å²) in [4.78, 5) is 11.4. The Bertz CT molecular complexity index is 498. The summed E-state index contributed by atoms with van der Waals surface area (Å²) in [6.45, 7) is 1.95. The van der Waals surface area contributed by atoms with Gasteiger partial charge in [-0.25, -0.2) is 5.26 Å². The van der Waals surface area contributed by atoms with Gasteiger partial charge in [-0.05, 0) is 11.9 Å². The Balaban J connectivity index is 0. The molecule has 4 nitrogen and oxygen atoms in total. The zero-order valence-corrected chi connectivity index (χ0v) is 11.9. The summed E-state index contributed by atoms with van der Waals surface area (Å²) in [5.74, 6) is -0.471. The Morgan fingerprint density at radius 3 is 2.79 bits per heavy atom. The zero-order chi connectivity index (χ0) is 12.8. The second kappa shape index (κ2) is 9.64. The summed E-state index contributed by atoms with van der Waals surface area (Å²) >= 11 is 5.91. The van der Waals surface area contributed by atoms with Gasteiger partial charge in [0.2, 0.25) is 0 Å². The van der Waals surface area contributed by atoms with E-state index in [0.717, 1.165) is 0 Å². The van der Waals surface area contributed by atoms with Crippen molar-refractivity contribution in [2.75, 3.05) is 6.61 Å². The van der Waals surface area contributed by atoms with E-state index < -0.39 is 11.7 Å². The van der Waals surface area contributed by atoms with Crippen LogP contribution in [0.4, 0.5) is 0 Å². The normalized spacial score (nSPS) is 8.47. The van der Waals surface area contributed by atoms with E-state index in [4.69, 9.17) is 21.6 Å².